The van der Waals surface area contributed by atoms with Crippen molar-refractivity contribution in [3.8, 4) is 5.75 Å². The summed E-state index contributed by atoms with van der Waals surface area (Å²) in [6.45, 7) is 1.16. The first-order chi connectivity index (χ1) is 11.2. The van der Waals surface area contributed by atoms with E-state index < -0.39 is 6.09 Å². The van der Waals surface area contributed by atoms with E-state index in [9.17, 15) is 4.79 Å². The summed E-state index contributed by atoms with van der Waals surface area (Å²) in [7, 11) is 1.67. The van der Waals surface area contributed by atoms with Gasteiger partial charge in [0.05, 0.1) is 7.11 Å². The smallest absolute Gasteiger partial charge is 0.404 e. The van der Waals surface area contributed by atoms with Crippen LogP contribution in [0.5, 0.6) is 5.75 Å². The lowest BCUT2D eigenvalue weighted by Gasteiger charge is -2.11. The van der Waals surface area contributed by atoms with Crippen LogP contribution >= 0.6 is 0 Å². The quantitative estimate of drug-likeness (QED) is 0.652. The van der Waals surface area contributed by atoms with E-state index in [1.165, 1.54) is 5.56 Å². The van der Waals surface area contributed by atoms with Gasteiger partial charge in [0.2, 0.25) is 0 Å². The van der Waals surface area contributed by atoms with Crippen LogP contribution in [0, 0.1) is 0 Å². The summed E-state index contributed by atoms with van der Waals surface area (Å²) < 4.78 is 5.35. The molecule has 122 valence electrons. The Balaban J connectivity index is 1.88. The zero-order chi connectivity index (χ0) is 16.5. The summed E-state index contributed by atoms with van der Waals surface area (Å²) in [5.41, 5.74) is 3.33. The Bertz CT molecular complexity index is 644. The number of amides is 1. The predicted octanol–water partition coefficient (Wildman–Crippen LogP) is 3.51. The monoisotopic (exact) mass is 314 g/mol. The van der Waals surface area contributed by atoms with Gasteiger partial charge in [-0.3, -0.25) is 0 Å². The molecule has 0 aliphatic heterocycles. The highest BCUT2D eigenvalue weighted by molar-refractivity contribution is 5.64. The van der Waals surface area contributed by atoms with Gasteiger partial charge in [-0.2, -0.15) is 0 Å². The molecule has 0 saturated heterocycles. The number of ether oxygens (including phenoxy) is 1. The summed E-state index contributed by atoms with van der Waals surface area (Å²) in [5, 5.41) is 14.3. The fraction of sp³-hybridized carbons (Fsp3) is 0.278. The Morgan fingerprint density at radius 2 is 2.00 bits per heavy atom. The summed E-state index contributed by atoms with van der Waals surface area (Å²) in [6, 6.07) is 16.1. The molecule has 0 bridgehead atoms. The predicted molar refractivity (Wildman–Crippen MR) is 91.1 cm³/mol. The van der Waals surface area contributed by atoms with Crippen molar-refractivity contribution < 1.29 is 14.6 Å². The molecule has 2 rings (SSSR count). The van der Waals surface area contributed by atoms with Crippen LogP contribution in [0.1, 0.15) is 17.5 Å². The lowest BCUT2D eigenvalue weighted by molar-refractivity contribution is 0.194. The van der Waals surface area contributed by atoms with E-state index in [-0.39, 0.29) is 0 Å². The Labute approximate surface area is 136 Å². The van der Waals surface area contributed by atoms with Crippen LogP contribution in [0.4, 0.5) is 10.5 Å². The molecular formula is C18H22N2O3. The number of hydrogen-bond donors (Lipinski definition) is 3. The molecule has 0 radical (unpaired) electrons. The molecule has 0 saturated carbocycles. The van der Waals surface area contributed by atoms with Gasteiger partial charge in [-0.1, -0.05) is 30.3 Å². The van der Waals surface area contributed by atoms with E-state index in [4.69, 9.17) is 9.84 Å². The molecule has 0 atom stereocenters. The number of carboxylic acid groups (broad SMARTS) is 1. The van der Waals surface area contributed by atoms with Crippen molar-refractivity contribution in [3.05, 3.63) is 59.7 Å². The third-order valence-corrected chi connectivity index (χ3v) is 3.52. The van der Waals surface area contributed by atoms with Gasteiger partial charge in [-0.05, 0) is 36.6 Å². The standard InChI is InChI=1S/C18H22N2O3/c1-23-17-10-3-2-8-15(17)13-20-16-9-4-6-14(12-16)7-5-11-19-18(21)22/h2-4,6,8-10,12,19-20H,5,7,11,13H2,1H3,(H,21,22). The van der Waals surface area contributed by atoms with E-state index >= 15 is 0 Å². The van der Waals surface area contributed by atoms with E-state index in [1.54, 1.807) is 7.11 Å². The van der Waals surface area contributed by atoms with Gasteiger partial charge in [-0.15, -0.1) is 0 Å². The molecule has 0 unspecified atom stereocenters. The fourth-order valence-electron chi connectivity index (χ4n) is 2.37. The molecule has 2 aromatic carbocycles. The topological polar surface area (TPSA) is 70.6 Å². The minimum atomic E-state index is -0.975. The first-order valence-electron chi connectivity index (χ1n) is 7.60. The van der Waals surface area contributed by atoms with Gasteiger partial charge in [0.25, 0.3) is 0 Å². The molecule has 0 spiro atoms. The van der Waals surface area contributed by atoms with Crippen molar-refractivity contribution >= 4 is 11.8 Å². The highest BCUT2D eigenvalue weighted by Crippen LogP contribution is 2.19. The van der Waals surface area contributed by atoms with Crippen LogP contribution in [-0.2, 0) is 13.0 Å². The largest absolute Gasteiger partial charge is 0.496 e. The number of aryl methyl sites for hydroxylation is 1. The van der Waals surface area contributed by atoms with Crippen molar-refractivity contribution in [2.24, 2.45) is 0 Å². The van der Waals surface area contributed by atoms with Crippen LogP contribution < -0.4 is 15.4 Å². The number of para-hydroxylation sites is 1. The number of carbonyl (C=O) groups is 1. The molecule has 0 fully saturated rings. The second kappa shape index (κ2) is 8.68. The van der Waals surface area contributed by atoms with E-state index in [0.29, 0.717) is 13.1 Å². The zero-order valence-electron chi connectivity index (χ0n) is 13.2. The molecule has 5 heteroatoms. The normalized spacial score (nSPS) is 10.1. The number of rotatable bonds is 8. The maximum absolute atomic E-state index is 10.4. The molecular weight excluding hydrogens is 292 g/mol. The Morgan fingerprint density at radius 1 is 1.17 bits per heavy atom. The summed E-state index contributed by atoms with van der Waals surface area (Å²) in [4.78, 5) is 10.4. The second-order valence-electron chi connectivity index (χ2n) is 5.20. The summed E-state index contributed by atoms with van der Waals surface area (Å²) in [6.07, 6.45) is 0.643. The molecule has 0 heterocycles. The average molecular weight is 314 g/mol. The van der Waals surface area contributed by atoms with Crippen molar-refractivity contribution in [1.29, 1.82) is 0 Å². The maximum Gasteiger partial charge on any atom is 0.404 e. The van der Waals surface area contributed by atoms with Crippen molar-refractivity contribution in [1.82, 2.24) is 5.32 Å². The fourth-order valence-corrected chi connectivity index (χ4v) is 2.37. The van der Waals surface area contributed by atoms with Gasteiger partial charge in [0, 0.05) is 24.3 Å². The average Bonchev–Trinajstić information content (AvgIpc) is 2.57. The molecule has 3 N–H and O–H groups in total. The highest BCUT2D eigenvalue weighted by Gasteiger charge is 2.02. The van der Waals surface area contributed by atoms with Gasteiger partial charge in [0.15, 0.2) is 0 Å². The minimum absolute atomic E-state index is 0.466. The third-order valence-electron chi connectivity index (χ3n) is 3.52. The number of methoxy groups -OCH3 is 1. The van der Waals surface area contributed by atoms with Crippen molar-refractivity contribution in [2.45, 2.75) is 19.4 Å². The van der Waals surface area contributed by atoms with Crippen LogP contribution in [0.25, 0.3) is 0 Å². The molecule has 0 aliphatic rings. The Hall–Kier alpha value is -2.69. The van der Waals surface area contributed by atoms with Gasteiger partial charge in [0.1, 0.15) is 5.75 Å². The first kappa shape index (κ1) is 16.7. The van der Waals surface area contributed by atoms with E-state index in [1.807, 2.05) is 36.4 Å². The van der Waals surface area contributed by atoms with E-state index in [0.717, 1.165) is 29.8 Å². The summed E-state index contributed by atoms with van der Waals surface area (Å²) in [5.74, 6) is 0.871. The number of anilines is 1. The maximum atomic E-state index is 10.4. The van der Waals surface area contributed by atoms with Gasteiger partial charge in [-0.25, -0.2) is 4.79 Å². The number of hydrogen-bond acceptors (Lipinski definition) is 3. The number of nitrogens with one attached hydrogen (secondary N) is 2. The molecule has 5 nitrogen and oxygen atoms in total. The molecule has 0 aliphatic carbocycles. The SMILES string of the molecule is COc1ccccc1CNc1cccc(CCCNC(=O)O)c1. The Morgan fingerprint density at radius 3 is 2.78 bits per heavy atom. The third kappa shape index (κ3) is 5.54. The second-order valence-corrected chi connectivity index (χ2v) is 5.20. The summed E-state index contributed by atoms with van der Waals surface area (Å²) >= 11 is 0. The molecule has 23 heavy (non-hydrogen) atoms. The van der Waals surface area contributed by atoms with Crippen molar-refractivity contribution in [2.75, 3.05) is 19.0 Å². The van der Waals surface area contributed by atoms with Crippen LogP contribution in [0.2, 0.25) is 0 Å². The van der Waals surface area contributed by atoms with Crippen LogP contribution in [0.15, 0.2) is 48.5 Å². The molecule has 1 amide bonds. The van der Waals surface area contributed by atoms with Gasteiger partial charge >= 0.3 is 6.09 Å². The highest BCUT2D eigenvalue weighted by atomic mass is 16.5. The molecule has 0 aromatic heterocycles. The minimum Gasteiger partial charge on any atom is -0.496 e. The van der Waals surface area contributed by atoms with E-state index in [2.05, 4.69) is 22.8 Å². The van der Waals surface area contributed by atoms with Crippen LogP contribution in [0.3, 0.4) is 0 Å². The lowest BCUT2D eigenvalue weighted by atomic mass is 10.1. The van der Waals surface area contributed by atoms with Gasteiger partial charge < -0.3 is 20.5 Å². The van der Waals surface area contributed by atoms with Crippen molar-refractivity contribution in [3.63, 3.8) is 0 Å². The molecule has 2 aromatic rings. The number of benzene rings is 2. The zero-order valence-corrected chi connectivity index (χ0v) is 13.2. The first-order valence-corrected chi connectivity index (χ1v) is 7.60. The Kier molecular flexibility index (Phi) is 6.29. The van der Waals surface area contributed by atoms with Crippen LogP contribution in [-0.4, -0.2) is 24.9 Å². The lowest BCUT2D eigenvalue weighted by Crippen LogP contribution is -2.22.